The second-order valence-electron chi connectivity index (χ2n) is 15.9. The highest BCUT2D eigenvalue weighted by Crippen LogP contribution is 2.46. The maximum atomic E-state index is 6.38. The van der Waals surface area contributed by atoms with Crippen molar-refractivity contribution in [2.24, 2.45) is 0 Å². The summed E-state index contributed by atoms with van der Waals surface area (Å²) in [5, 5.41) is 7.27. The van der Waals surface area contributed by atoms with Gasteiger partial charge in [-0.15, -0.1) is 0 Å². The second kappa shape index (κ2) is 14.2. The Bertz CT molecular complexity index is 3250. The van der Waals surface area contributed by atoms with Crippen molar-refractivity contribution in [2.75, 3.05) is 4.90 Å². The smallest absolute Gasteiger partial charge is 0.136 e. The lowest BCUT2D eigenvalue weighted by Gasteiger charge is -2.31. The van der Waals surface area contributed by atoms with Crippen molar-refractivity contribution in [2.45, 2.75) is 18.8 Å². The number of fused-ring (bicyclic) bond motifs is 5. The quantitative estimate of drug-likeness (QED) is 0.161. The lowest BCUT2D eigenvalue weighted by molar-refractivity contribution is 0.602. The summed E-state index contributed by atoms with van der Waals surface area (Å²) >= 11 is 0. The van der Waals surface area contributed by atoms with Crippen LogP contribution < -0.4 is 4.90 Å². The van der Waals surface area contributed by atoms with Crippen molar-refractivity contribution >= 4 is 66.1 Å². The Kier molecular flexibility index (Phi) is 8.37. The highest BCUT2D eigenvalue weighted by molar-refractivity contribution is 6.14. The molecule has 0 fully saturated rings. The van der Waals surface area contributed by atoms with Crippen LogP contribution >= 0.6 is 0 Å². The van der Waals surface area contributed by atoms with Crippen molar-refractivity contribution < 1.29 is 4.42 Å². The van der Waals surface area contributed by atoms with Gasteiger partial charge in [0.2, 0.25) is 0 Å². The second-order valence-corrected chi connectivity index (χ2v) is 15.9. The zero-order valence-corrected chi connectivity index (χ0v) is 32.8. The predicted octanol–water partition coefficient (Wildman–Crippen LogP) is 16.0. The van der Waals surface area contributed by atoms with E-state index in [0.29, 0.717) is 0 Å². The summed E-state index contributed by atoms with van der Waals surface area (Å²) in [5.74, 6) is 0. The van der Waals surface area contributed by atoms with Gasteiger partial charge in [-0.3, -0.25) is 0 Å². The normalized spacial score (nSPS) is 15.2. The fourth-order valence-electron chi connectivity index (χ4n) is 9.21. The molecule has 2 heteroatoms. The first-order valence-corrected chi connectivity index (χ1v) is 20.5. The number of rotatable bonds is 7. The molecule has 10 aromatic rings. The lowest BCUT2D eigenvalue weighted by atomic mass is 9.74. The van der Waals surface area contributed by atoms with Crippen LogP contribution in [-0.4, -0.2) is 0 Å². The first-order valence-electron chi connectivity index (χ1n) is 20.5. The van der Waals surface area contributed by atoms with Crippen LogP contribution in [0.4, 0.5) is 17.1 Å². The Morgan fingerprint density at radius 3 is 1.93 bits per heavy atom. The summed E-state index contributed by atoms with van der Waals surface area (Å²) in [6.07, 6.45) is 8.01. The van der Waals surface area contributed by atoms with Crippen molar-refractivity contribution in [3.8, 4) is 22.3 Å². The van der Waals surface area contributed by atoms with Gasteiger partial charge in [-0.1, -0.05) is 177 Å². The van der Waals surface area contributed by atoms with Crippen LogP contribution in [0.5, 0.6) is 0 Å². The van der Waals surface area contributed by atoms with E-state index in [1.54, 1.807) is 0 Å². The molecule has 0 N–H and O–H groups in total. The fourth-order valence-corrected chi connectivity index (χ4v) is 9.21. The van der Waals surface area contributed by atoms with Crippen molar-refractivity contribution in [3.63, 3.8) is 0 Å². The number of para-hydroxylation sites is 2. The van der Waals surface area contributed by atoms with Crippen molar-refractivity contribution in [1.82, 2.24) is 0 Å². The molecule has 0 amide bonds. The Labute approximate surface area is 344 Å². The van der Waals surface area contributed by atoms with E-state index in [1.165, 1.54) is 49.4 Å². The number of hydrogen-bond donors (Lipinski definition) is 0. The molecule has 0 radical (unpaired) electrons. The molecule has 0 saturated carbocycles. The average molecular weight is 756 g/mol. The summed E-state index contributed by atoms with van der Waals surface area (Å²) in [6.45, 7) is 2.36. The van der Waals surface area contributed by atoms with Crippen molar-refractivity contribution in [3.05, 3.63) is 230 Å². The van der Waals surface area contributed by atoms with E-state index in [0.717, 1.165) is 56.5 Å². The molecule has 9 aromatic carbocycles. The summed E-state index contributed by atoms with van der Waals surface area (Å²) in [4.78, 5) is 2.41. The lowest BCUT2D eigenvalue weighted by Crippen LogP contribution is -2.21. The van der Waals surface area contributed by atoms with Crippen LogP contribution in [0, 0.1) is 0 Å². The topological polar surface area (TPSA) is 16.4 Å². The zero-order chi connectivity index (χ0) is 39.3. The standard InChI is InChI=1S/C57H41NO/c1-57(36-12-17-44(38-57)43-27-26-39-13-2-3-15-42(39)37-43)45-30-34-47(35-31-45)58(46-32-28-41(29-33-46)49-21-10-16-40-14-4-5-18-48(40)49)53-23-8-6-19-50(53)51-22-11-25-55-56(51)52-20-7-9-24-54(52)59-55/h2-35,37-38H,36H2,1H3. The van der Waals surface area contributed by atoms with Gasteiger partial charge >= 0.3 is 0 Å². The molecule has 280 valence electrons. The average Bonchev–Trinajstić information content (AvgIpc) is 3.69. The van der Waals surface area contributed by atoms with Gasteiger partial charge in [0.15, 0.2) is 0 Å². The van der Waals surface area contributed by atoms with Gasteiger partial charge in [0, 0.05) is 33.1 Å². The molecule has 0 spiro atoms. The monoisotopic (exact) mass is 755 g/mol. The molecular formula is C57H41NO. The molecule has 0 aliphatic heterocycles. The predicted molar refractivity (Wildman–Crippen MR) is 250 cm³/mol. The Morgan fingerprint density at radius 1 is 0.475 bits per heavy atom. The summed E-state index contributed by atoms with van der Waals surface area (Å²) in [6, 6.07) is 72.4. The molecule has 59 heavy (non-hydrogen) atoms. The van der Waals surface area contributed by atoms with Gasteiger partial charge < -0.3 is 9.32 Å². The third-order valence-corrected chi connectivity index (χ3v) is 12.2. The van der Waals surface area contributed by atoms with Crippen LogP contribution in [0.3, 0.4) is 0 Å². The van der Waals surface area contributed by atoms with E-state index < -0.39 is 0 Å². The van der Waals surface area contributed by atoms with Crippen LogP contribution in [-0.2, 0) is 5.41 Å². The minimum atomic E-state index is -0.158. The molecule has 0 bridgehead atoms. The third kappa shape index (κ3) is 6.13. The van der Waals surface area contributed by atoms with E-state index in [1.807, 2.05) is 6.07 Å². The summed E-state index contributed by atoms with van der Waals surface area (Å²) in [7, 11) is 0. The van der Waals surface area contributed by atoms with Crippen LogP contribution in [0.15, 0.2) is 223 Å². The Morgan fingerprint density at radius 2 is 1.08 bits per heavy atom. The van der Waals surface area contributed by atoms with Gasteiger partial charge in [0.25, 0.3) is 0 Å². The third-order valence-electron chi connectivity index (χ3n) is 12.2. The van der Waals surface area contributed by atoms with E-state index in [2.05, 4.69) is 224 Å². The van der Waals surface area contributed by atoms with E-state index >= 15 is 0 Å². The minimum absolute atomic E-state index is 0.158. The van der Waals surface area contributed by atoms with E-state index in [4.69, 9.17) is 4.42 Å². The molecule has 1 heterocycles. The summed E-state index contributed by atoms with van der Waals surface area (Å²) < 4.78 is 6.38. The Hall–Kier alpha value is -7.42. The van der Waals surface area contributed by atoms with Crippen LogP contribution in [0.2, 0.25) is 0 Å². The minimum Gasteiger partial charge on any atom is -0.456 e. The first kappa shape index (κ1) is 34.8. The van der Waals surface area contributed by atoms with Gasteiger partial charge in [-0.05, 0) is 110 Å². The van der Waals surface area contributed by atoms with Crippen molar-refractivity contribution in [1.29, 1.82) is 0 Å². The Balaban J connectivity index is 1.03. The molecule has 1 unspecified atom stereocenters. The fraction of sp³-hybridized carbons (Fsp3) is 0.0526. The summed E-state index contributed by atoms with van der Waals surface area (Å²) in [5.41, 5.74) is 13.4. The number of hydrogen-bond acceptors (Lipinski definition) is 2. The number of nitrogens with zero attached hydrogens (tertiary/aromatic N) is 1. The van der Waals surface area contributed by atoms with Gasteiger partial charge in [0.05, 0.1) is 5.69 Å². The van der Waals surface area contributed by atoms with Crippen LogP contribution in [0.1, 0.15) is 24.5 Å². The highest BCUT2D eigenvalue weighted by Gasteiger charge is 2.27. The molecule has 1 atom stereocenters. The maximum Gasteiger partial charge on any atom is 0.136 e. The van der Waals surface area contributed by atoms with Gasteiger partial charge in [-0.25, -0.2) is 0 Å². The largest absolute Gasteiger partial charge is 0.456 e. The number of benzene rings is 9. The van der Waals surface area contributed by atoms with E-state index in [-0.39, 0.29) is 5.41 Å². The number of allylic oxidation sites excluding steroid dienone is 4. The zero-order valence-electron chi connectivity index (χ0n) is 32.8. The SMILES string of the molecule is CC1(c2ccc(N(c3ccc(-c4cccc5ccccc45)cc3)c3ccccc3-c3cccc4oc5ccccc5c34)cc2)C=C(c2ccc3ccccc3c2)C=CC1. The van der Waals surface area contributed by atoms with Gasteiger partial charge in [-0.2, -0.15) is 0 Å². The van der Waals surface area contributed by atoms with E-state index in [9.17, 15) is 0 Å². The maximum absolute atomic E-state index is 6.38. The molecule has 1 aliphatic rings. The molecule has 0 saturated heterocycles. The first-order chi connectivity index (χ1) is 29.1. The van der Waals surface area contributed by atoms with Crippen LogP contribution in [0.25, 0.3) is 71.3 Å². The number of anilines is 3. The molecule has 11 rings (SSSR count). The number of furan rings is 1. The molecular weight excluding hydrogens is 715 g/mol. The molecule has 2 nitrogen and oxygen atoms in total. The molecule has 1 aliphatic carbocycles. The van der Waals surface area contributed by atoms with Gasteiger partial charge in [0.1, 0.15) is 11.2 Å². The highest BCUT2D eigenvalue weighted by atomic mass is 16.3. The molecule has 1 aromatic heterocycles.